The third kappa shape index (κ3) is 5.98. The number of allylic oxidation sites excluding steroid dienone is 2. The van der Waals surface area contributed by atoms with E-state index >= 15 is 0 Å². The third-order valence-corrected chi connectivity index (χ3v) is 2.48. The molecule has 0 saturated heterocycles. The van der Waals surface area contributed by atoms with Crippen molar-refractivity contribution in [3.63, 3.8) is 0 Å². The molecular formula is C7H15NOS. The minimum absolute atomic E-state index is 0.530. The summed E-state index contributed by atoms with van der Waals surface area (Å²) in [6, 6.07) is 0. The van der Waals surface area contributed by atoms with Crippen molar-refractivity contribution in [2.24, 2.45) is 5.73 Å². The van der Waals surface area contributed by atoms with E-state index in [-0.39, 0.29) is 0 Å². The van der Waals surface area contributed by atoms with E-state index in [1.54, 1.807) is 0 Å². The van der Waals surface area contributed by atoms with Crippen molar-refractivity contribution in [3.05, 3.63) is 12.2 Å². The van der Waals surface area contributed by atoms with Crippen molar-refractivity contribution in [2.45, 2.75) is 13.3 Å². The van der Waals surface area contributed by atoms with Crippen LogP contribution in [-0.2, 0) is 10.8 Å². The summed E-state index contributed by atoms with van der Waals surface area (Å²) in [5.41, 5.74) is 5.22. The van der Waals surface area contributed by atoms with Crippen LogP contribution in [0.2, 0.25) is 0 Å². The molecule has 0 aliphatic carbocycles. The standard InChI is InChI=1S/C7H15NOS/c1-2-3-4-6-10(9)7-5-8/h2-3H,4-8H2,1H3/b3-2+. The van der Waals surface area contributed by atoms with E-state index in [0.717, 1.165) is 12.2 Å². The zero-order chi connectivity index (χ0) is 7.82. The Morgan fingerprint density at radius 3 is 2.70 bits per heavy atom. The van der Waals surface area contributed by atoms with Crippen molar-refractivity contribution in [1.29, 1.82) is 0 Å². The summed E-state index contributed by atoms with van der Waals surface area (Å²) in [4.78, 5) is 0. The van der Waals surface area contributed by atoms with Crippen LogP contribution in [0.15, 0.2) is 12.2 Å². The first-order valence-electron chi connectivity index (χ1n) is 3.47. The summed E-state index contributed by atoms with van der Waals surface area (Å²) in [7, 11) is -0.698. The molecule has 1 atom stereocenters. The van der Waals surface area contributed by atoms with Gasteiger partial charge in [-0.2, -0.15) is 0 Å². The minimum Gasteiger partial charge on any atom is -0.330 e. The molecule has 0 aromatic heterocycles. The van der Waals surface area contributed by atoms with Gasteiger partial charge in [0.25, 0.3) is 0 Å². The van der Waals surface area contributed by atoms with Crippen molar-refractivity contribution in [2.75, 3.05) is 18.1 Å². The molecule has 0 spiro atoms. The zero-order valence-electron chi connectivity index (χ0n) is 6.38. The first-order valence-corrected chi connectivity index (χ1v) is 4.96. The highest BCUT2D eigenvalue weighted by molar-refractivity contribution is 7.84. The first kappa shape index (κ1) is 9.85. The van der Waals surface area contributed by atoms with Crippen LogP contribution in [0.1, 0.15) is 13.3 Å². The average Bonchev–Trinajstić information content (AvgIpc) is 1.89. The van der Waals surface area contributed by atoms with Crippen LogP contribution in [-0.4, -0.2) is 22.3 Å². The Bertz CT molecular complexity index is 123. The SMILES string of the molecule is C/C=C/CCS(=O)CCN. The second-order valence-electron chi connectivity index (χ2n) is 1.99. The topological polar surface area (TPSA) is 43.1 Å². The van der Waals surface area contributed by atoms with Gasteiger partial charge in [0.15, 0.2) is 0 Å². The molecule has 60 valence electrons. The Morgan fingerprint density at radius 1 is 1.50 bits per heavy atom. The molecular weight excluding hydrogens is 146 g/mol. The summed E-state index contributed by atoms with van der Waals surface area (Å²) < 4.78 is 10.9. The Balaban J connectivity index is 3.21. The summed E-state index contributed by atoms with van der Waals surface area (Å²) >= 11 is 0. The number of hydrogen-bond acceptors (Lipinski definition) is 2. The molecule has 3 heteroatoms. The summed E-state index contributed by atoms with van der Waals surface area (Å²) in [6.45, 7) is 2.49. The van der Waals surface area contributed by atoms with E-state index in [9.17, 15) is 4.21 Å². The van der Waals surface area contributed by atoms with Crippen molar-refractivity contribution < 1.29 is 4.21 Å². The lowest BCUT2D eigenvalue weighted by Crippen LogP contribution is -2.12. The van der Waals surface area contributed by atoms with Gasteiger partial charge in [-0.3, -0.25) is 4.21 Å². The van der Waals surface area contributed by atoms with Crippen LogP contribution in [0.4, 0.5) is 0 Å². The molecule has 0 radical (unpaired) electrons. The monoisotopic (exact) mass is 161 g/mol. The fourth-order valence-corrected chi connectivity index (χ4v) is 1.47. The minimum atomic E-state index is -0.698. The van der Waals surface area contributed by atoms with Crippen molar-refractivity contribution in [3.8, 4) is 0 Å². The highest BCUT2D eigenvalue weighted by Crippen LogP contribution is 1.88. The highest BCUT2D eigenvalue weighted by atomic mass is 32.2. The lowest BCUT2D eigenvalue weighted by atomic mass is 10.4. The Kier molecular flexibility index (Phi) is 6.86. The fraction of sp³-hybridized carbons (Fsp3) is 0.714. The van der Waals surface area contributed by atoms with Crippen LogP contribution in [0, 0.1) is 0 Å². The summed E-state index contributed by atoms with van der Waals surface area (Å²) in [5, 5.41) is 0. The molecule has 2 N–H and O–H groups in total. The predicted octanol–water partition coefficient (Wildman–Crippen LogP) is 0.660. The van der Waals surface area contributed by atoms with E-state index < -0.39 is 10.8 Å². The first-order chi connectivity index (χ1) is 4.81. The van der Waals surface area contributed by atoms with Gasteiger partial charge in [0.2, 0.25) is 0 Å². The third-order valence-electron chi connectivity index (χ3n) is 1.09. The predicted molar refractivity (Wildman–Crippen MR) is 46.4 cm³/mol. The van der Waals surface area contributed by atoms with Crippen LogP contribution in [0.3, 0.4) is 0 Å². The maximum Gasteiger partial charge on any atom is 0.0357 e. The van der Waals surface area contributed by atoms with Gasteiger partial charge in [0, 0.05) is 28.9 Å². The largest absolute Gasteiger partial charge is 0.330 e. The number of hydrogen-bond donors (Lipinski definition) is 1. The zero-order valence-corrected chi connectivity index (χ0v) is 7.19. The molecule has 0 aliphatic heterocycles. The maximum absolute atomic E-state index is 10.9. The summed E-state index contributed by atoms with van der Waals surface area (Å²) in [6.07, 6.45) is 4.90. The van der Waals surface area contributed by atoms with E-state index in [1.165, 1.54) is 0 Å². The van der Waals surface area contributed by atoms with E-state index in [4.69, 9.17) is 5.73 Å². The van der Waals surface area contributed by atoms with Gasteiger partial charge in [-0.1, -0.05) is 12.2 Å². The second kappa shape index (κ2) is 6.96. The lowest BCUT2D eigenvalue weighted by Gasteiger charge is -1.94. The normalized spacial score (nSPS) is 14.2. The molecule has 0 rings (SSSR count). The molecule has 0 bridgehead atoms. The van der Waals surface area contributed by atoms with E-state index in [0.29, 0.717) is 12.3 Å². The van der Waals surface area contributed by atoms with Gasteiger partial charge < -0.3 is 5.73 Å². The van der Waals surface area contributed by atoms with Crippen LogP contribution in [0.25, 0.3) is 0 Å². The lowest BCUT2D eigenvalue weighted by molar-refractivity contribution is 0.682. The molecule has 2 nitrogen and oxygen atoms in total. The van der Waals surface area contributed by atoms with Crippen LogP contribution >= 0.6 is 0 Å². The van der Waals surface area contributed by atoms with Gasteiger partial charge in [-0.25, -0.2) is 0 Å². The Hall–Kier alpha value is -0.150. The second-order valence-corrected chi connectivity index (χ2v) is 3.69. The molecule has 1 unspecified atom stereocenters. The maximum atomic E-state index is 10.9. The van der Waals surface area contributed by atoms with E-state index in [1.807, 2.05) is 19.1 Å². The molecule has 0 amide bonds. The van der Waals surface area contributed by atoms with Gasteiger partial charge in [-0.05, 0) is 13.3 Å². The van der Waals surface area contributed by atoms with Gasteiger partial charge in [-0.15, -0.1) is 0 Å². The Morgan fingerprint density at radius 2 is 2.20 bits per heavy atom. The van der Waals surface area contributed by atoms with Crippen LogP contribution < -0.4 is 5.73 Å². The van der Waals surface area contributed by atoms with Gasteiger partial charge in [0.1, 0.15) is 0 Å². The molecule has 0 aliphatic rings. The molecule has 0 aromatic carbocycles. The molecule has 10 heavy (non-hydrogen) atoms. The number of nitrogens with two attached hydrogens (primary N) is 1. The van der Waals surface area contributed by atoms with Crippen LogP contribution in [0.5, 0.6) is 0 Å². The average molecular weight is 161 g/mol. The van der Waals surface area contributed by atoms with E-state index in [2.05, 4.69) is 0 Å². The van der Waals surface area contributed by atoms with Gasteiger partial charge >= 0.3 is 0 Å². The van der Waals surface area contributed by atoms with Crippen molar-refractivity contribution >= 4 is 10.8 Å². The van der Waals surface area contributed by atoms with Crippen molar-refractivity contribution in [1.82, 2.24) is 0 Å². The summed E-state index contributed by atoms with van der Waals surface area (Å²) in [5.74, 6) is 1.39. The molecule has 0 aromatic rings. The number of rotatable bonds is 5. The highest BCUT2D eigenvalue weighted by Gasteiger charge is 1.93. The molecule has 0 saturated carbocycles. The van der Waals surface area contributed by atoms with Gasteiger partial charge in [0.05, 0.1) is 0 Å². The molecule has 0 fully saturated rings. The molecule has 0 heterocycles. The Labute approximate surface area is 65.0 Å². The fourth-order valence-electron chi connectivity index (χ4n) is 0.600. The smallest absolute Gasteiger partial charge is 0.0357 e. The quantitative estimate of drug-likeness (QED) is 0.602.